The highest BCUT2D eigenvalue weighted by molar-refractivity contribution is 7.90. The zero-order valence-corrected chi connectivity index (χ0v) is 16.5. The Morgan fingerprint density at radius 2 is 1.96 bits per heavy atom. The van der Waals surface area contributed by atoms with Gasteiger partial charge in [-0.3, -0.25) is 14.4 Å². The Kier molecular flexibility index (Phi) is 6.25. The summed E-state index contributed by atoms with van der Waals surface area (Å²) in [4.78, 5) is 39.0. The Morgan fingerprint density at radius 3 is 2.56 bits per heavy atom. The molecular weight excluding hydrogens is 372 g/mol. The first-order valence-electron chi connectivity index (χ1n) is 8.57. The van der Waals surface area contributed by atoms with Gasteiger partial charge in [0.25, 0.3) is 5.91 Å². The summed E-state index contributed by atoms with van der Waals surface area (Å²) in [5, 5.41) is 9.13. The molecule has 9 heteroatoms. The van der Waals surface area contributed by atoms with Crippen LogP contribution in [-0.4, -0.2) is 74.0 Å². The van der Waals surface area contributed by atoms with E-state index in [4.69, 9.17) is 5.11 Å². The van der Waals surface area contributed by atoms with E-state index in [9.17, 15) is 22.8 Å². The van der Waals surface area contributed by atoms with Gasteiger partial charge in [-0.1, -0.05) is 6.07 Å². The Morgan fingerprint density at radius 1 is 1.30 bits per heavy atom. The molecule has 27 heavy (non-hydrogen) atoms. The summed E-state index contributed by atoms with van der Waals surface area (Å²) in [6.45, 7) is 2.09. The lowest BCUT2D eigenvalue weighted by Crippen LogP contribution is -2.47. The molecule has 0 saturated carbocycles. The van der Waals surface area contributed by atoms with Gasteiger partial charge in [-0.25, -0.2) is 8.42 Å². The van der Waals surface area contributed by atoms with E-state index in [0.717, 1.165) is 6.26 Å². The number of carboxylic acid groups (broad SMARTS) is 1. The molecule has 1 atom stereocenters. The highest BCUT2D eigenvalue weighted by Gasteiger charge is 2.29. The summed E-state index contributed by atoms with van der Waals surface area (Å²) in [5.41, 5.74) is 0.825. The number of carboxylic acids is 1. The molecule has 1 saturated heterocycles. The van der Waals surface area contributed by atoms with Crippen LogP contribution in [0.5, 0.6) is 0 Å². The molecule has 1 aromatic carbocycles. The molecule has 0 aliphatic carbocycles. The van der Waals surface area contributed by atoms with E-state index in [-0.39, 0.29) is 29.5 Å². The van der Waals surface area contributed by atoms with Crippen molar-refractivity contribution in [1.29, 1.82) is 0 Å². The minimum absolute atomic E-state index is 0.0384. The first-order valence-corrected chi connectivity index (χ1v) is 10.5. The number of rotatable bonds is 5. The molecule has 8 nitrogen and oxygen atoms in total. The number of carbonyl (C=O) groups is 3. The Hall–Kier alpha value is -2.42. The van der Waals surface area contributed by atoms with Crippen LogP contribution in [0.4, 0.5) is 0 Å². The summed E-state index contributed by atoms with van der Waals surface area (Å²) in [6.07, 6.45) is 2.20. The molecule has 0 aromatic heterocycles. The lowest BCUT2D eigenvalue weighted by Gasteiger charge is -2.32. The number of piperidine rings is 1. The van der Waals surface area contributed by atoms with Crippen LogP contribution in [0, 0.1) is 12.8 Å². The van der Waals surface area contributed by atoms with E-state index in [2.05, 4.69) is 0 Å². The fraction of sp³-hybridized carbons (Fsp3) is 0.500. The van der Waals surface area contributed by atoms with Gasteiger partial charge in [0, 0.05) is 32.0 Å². The fourth-order valence-electron chi connectivity index (χ4n) is 3.05. The van der Waals surface area contributed by atoms with Crippen molar-refractivity contribution in [2.75, 3.05) is 32.9 Å². The van der Waals surface area contributed by atoms with E-state index >= 15 is 0 Å². The van der Waals surface area contributed by atoms with Crippen LogP contribution in [0.15, 0.2) is 23.1 Å². The number of nitrogens with zero attached hydrogens (tertiary/aromatic N) is 2. The molecule has 148 valence electrons. The number of hydrogen-bond acceptors (Lipinski definition) is 5. The molecule has 0 bridgehead atoms. The van der Waals surface area contributed by atoms with Crippen molar-refractivity contribution in [2.24, 2.45) is 5.92 Å². The van der Waals surface area contributed by atoms with E-state index in [1.54, 1.807) is 13.0 Å². The maximum atomic E-state index is 12.7. The van der Waals surface area contributed by atoms with Gasteiger partial charge in [0.2, 0.25) is 5.91 Å². The predicted molar refractivity (Wildman–Crippen MR) is 98.2 cm³/mol. The highest BCUT2D eigenvalue weighted by atomic mass is 32.2. The molecule has 1 aliphatic heterocycles. The van der Waals surface area contributed by atoms with Crippen molar-refractivity contribution in [2.45, 2.75) is 24.7 Å². The van der Waals surface area contributed by atoms with Crippen molar-refractivity contribution in [3.8, 4) is 0 Å². The van der Waals surface area contributed by atoms with Crippen LogP contribution in [-0.2, 0) is 19.4 Å². The predicted octanol–water partition coefficient (Wildman–Crippen LogP) is 0.794. The van der Waals surface area contributed by atoms with Crippen LogP contribution in [0.2, 0.25) is 0 Å². The quantitative estimate of drug-likeness (QED) is 0.788. The van der Waals surface area contributed by atoms with Crippen LogP contribution in [0.3, 0.4) is 0 Å². The number of carbonyl (C=O) groups excluding carboxylic acids is 2. The maximum absolute atomic E-state index is 12.7. The number of likely N-dealkylation sites (tertiary alicyclic amines) is 1. The van der Waals surface area contributed by atoms with E-state index in [0.29, 0.717) is 24.9 Å². The second-order valence-electron chi connectivity index (χ2n) is 6.93. The largest absolute Gasteiger partial charge is 0.481 e. The third-order valence-corrected chi connectivity index (χ3v) is 5.82. The van der Waals surface area contributed by atoms with E-state index < -0.39 is 27.6 Å². The zero-order valence-electron chi connectivity index (χ0n) is 15.6. The molecule has 0 radical (unpaired) electrons. The van der Waals surface area contributed by atoms with Gasteiger partial charge < -0.3 is 14.9 Å². The molecular formula is C18H24N2O6S. The second-order valence-corrected chi connectivity index (χ2v) is 8.94. The van der Waals surface area contributed by atoms with Gasteiger partial charge in [0.05, 0.1) is 17.4 Å². The summed E-state index contributed by atoms with van der Waals surface area (Å²) >= 11 is 0. The molecule has 2 rings (SSSR count). The minimum atomic E-state index is -3.46. The third kappa shape index (κ3) is 5.06. The molecule has 0 spiro atoms. The van der Waals surface area contributed by atoms with Crippen molar-refractivity contribution in [1.82, 2.24) is 9.80 Å². The molecule has 1 unspecified atom stereocenters. The van der Waals surface area contributed by atoms with E-state index in [1.807, 2.05) is 0 Å². The van der Waals surface area contributed by atoms with Crippen LogP contribution < -0.4 is 0 Å². The lowest BCUT2D eigenvalue weighted by molar-refractivity contribution is -0.145. The number of benzene rings is 1. The van der Waals surface area contributed by atoms with Gasteiger partial charge in [0.15, 0.2) is 9.84 Å². The monoisotopic (exact) mass is 396 g/mol. The maximum Gasteiger partial charge on any atom is 0.308 e. The topological polar surface area (TPSA) is 112 Å². The standard InChI is InChI=1S/C18H24N2O6S/c1-12-6-7-14(27(3,25)26)9-15(12)17(22)19(2)11-16(21)20-8-4-5-13(10-20)18(23)24/h6-7,9,13H,4-5,8,10-11H2,1-3H3,(H,23,24). The highest BCUT2D eigenvalue weighted by Crippen LogP contribution is 2.19. The number of likely N-dealkylation sites (N-methyl/N-ethyl adjacent to an activating group) is 1. The zero-order chi connectivity index (χ0) is 20.4. The second kappa shape index (κ2) is 8.08. The summed E-state index contributed by atoms with van der Waals surface area (Å²) in [6, 6.07) is 4.31. The van der Waals surface area contributed by atoms with Crippen LogP contribution >= 0.6 is 0 Å². The number of sulfone groups is 1. The van der Waals surface area contributed by atoms with Gasteiger partial charge in [-0.2, -0.15) is 0 Å². The smallest absolute Gasteiger partial charge is 0.308 e. The van der Waals surface area contributed by atoms with Gasteiger partial charge >= 0.3 is 5.97 Å². The molecule has 2 amide bonds. The van der Waals surface area contributed by atoms with Crippen molar-refractivity contribution in [3.05, 3.63) is 29.3 Å². The molecule has 1 aliphatic rings. The Labute approximate surface area is 158 Å². The summed E-state index contributed by atoms with van der Waals surface area (Å²) in [5.74, 6) is -2.30. The van der Waals surface area contributed by atoms with Gasteiger partial charge in [0.1, 0.15) is 0 Å². The third-order valence-electron chi connectivity index (χ3n) is 4.71. The van der Waals surface area contributed by atoms with Crippen LogP contribution in [0.1, 0.15) is 28.8 Å². The number of aliphatic carboxylic acids is 1. The van der Waals surface area contributed by atoms with Crippen molar-refractivity contribution >= 4 is 27.6 Å². The average Bonchev–Trinajstić information content (AvgIpc) is 2.60. The first kappa shape index (κ1) is 20.9. The van der Waals surface area contributed by atoms with Crippen molar-refractivity contribution in [3.63, 3.8) is 0 Å². The minimum Gasteiger partial charge on any atom is -0.481 e. The molecule has 1 heterocycles. The van der Waals surface area contributed by atoms with E-state index in [1.165, 1.54) is 29.0 Å². The fourth-order valence-corrected chi connectivity index (χ4v) is 3.69. The van der Waals surface area contributed by atoms with Gasteiger partial charge in [-0.05, 0) is 37.5 Å². The normalized spacial score (nSPS) is 17.4. The summed E-state index contributed by atoms with van der Waals surface area (Å²) < 4.78 is 23.5. The Balaban J connectivity index is 2.11. The first-order chi connectivity index (χ1) is 12.5. The molecule has 1 fully saturated rings. The van der Waals surface area contributed by atoms with Crippen LogP contribution in [0.25, 0.3) is 0 Å². The molecule has 1 aromatic rings. The lowest BCUT2D eigenvalue weighted by atomic mass is 9.98. The summed E-state index contributed by atoms with van der Waals surface area (Å²) in [7, 11) is -1.99. The van der Waals surface area contributed by atoms with Crippen molar-refractivity contribution < 1.29 is 27.9 Å². The SMILES string of the molecule is Cc1ccc(S(C)(=O)=O)cc1C(=O)N(C)CC(=O)N1CCCC(C(=O)O)C1. The molecule has 1 N–H and O–H groups in total. The Bertz CT molecular complexity index is 865. The number of amides is 2. The average molecular weight is 396 g/mol. The number of hydrogen-bond donors (Lipinski definition) is 1. The van der Waals surface area contributed by atoms with Gasteiger partial charge in [-0.15, -0.1) is 0 Å². The number of aryl methyl sites for hydroxylation is 1.